The number of hydrogen-bond acceptors (Lipinski definition) is 4. The molecule has 0 aromatic carbocycles. The van der Waals surface area contributed by atoms with Crippen molar-refractivity contribution in [1.29, 1.82) is 0 Å². The molecule has 0 aliphatic heterocycles. The average molecular weight is 261 g/mol. The topological polar surface area (TPSA) is 98.1 Å². The maximum absolute atomic E-state index is 10.4. The average Bonchev–Trinajstić information content (AvgIpc) is 1.85. The molecule has 0 aromatic heterocycles. The number of aliphatic carboxylic acids is 2. The van der Waals surface area contributed by atoms with E-state index in [2.05, 4.69) is 0 Å². The van der Waals surface area contributed by atoms with E-state index in [1.165, 1.54) is 0 Å². The van der Waals surface area contributed by atoms with Crippen molar-refractivity contribution in [2.24, 2.45) is 0 Å². The van der Waals surface area contributed by atoms with Crippen molar-refractivity contribution < 1.29 is 25.0 Å². The van der Waals surface area contributed by atoms with Crippen LogP contribution in [0, 0.1) is 0 Å². The molecule has 0 saturated carbocycles. The van der Waals surface area contributed by atoms with Gasteiger partial charge in [-0.15, -0.1) is 0 Å². The van der Waals surface area contributed by atoms with Crippen LogP contribution in [0.5, 0.6) is 0 Å². The molecule has 0 amide bonds. The number of hydroxylamine groups is 2. The second-order valence-corrected chi connectivity index (χ2v) is 2.25. The first-order valence-corrected chi connectivity index (χ1v) is 3.39. The van der Waals surface area contributed by atoms with Crippen LogP contribution in [0.2, 0.25) is 0 Å². The van der Waals surface area contributed by atoms with Gasteiger partial charge in [0.2, 0.25) is 0 Å². The van der Waals surface area contributed by atoms with E-state index in [-0.39, 0.29) is 81.9 Å². The van der Waals surface area contributed by atoms with E-state index in [0.29, 0.717) is 5.06 Å². The molecule has 14 heavy (non-hydrogen) atoms. The van der Waals surface area contributed by atoms with Crippen molar-refractivity contribution in [1.82, 2.24) is 5.06 Å². The first-order chi connectivity index (χ1) is 5.49. The van der Waals surface area contributed by atoms with Crippen LogP contribution in [-0.4, -0.2) is 120 Å². The number of nitrogens with zero attached hydrogens (tertiary/aromatic N) is 1. The summed E-state index contributed by atoms with van der Waals surface area (Å²) in [5.41, 5.74) is 0. The molecule has 0 saturated heterocycles. The van der Waals surface area contributed by atoms with Crippen LogP contribution in [-0.2, 0) is 9.59 Å². The number of hydrogen-bond donors (Lipinski definition) is 3. The third kappa shape index (κ3) is 8.67. The fourth-order valence-electron chi connectivity index (χ4n) is 0.762. The number of carboxylic acid groups (broad SMARTS) is 2. The predicted octanol–water partition coefficient (Wildman–Crippen LogP) is -2.21. The minimum absolute atomic E-state index is 0. The summed E-state index contributed by atoms with van der Waals surface area (Å²) in [5.74, 6) is -2.50. The molecule has 0 aromatic rings. The van der Waals surface area contributed by atoms with Crippen LogP contribution in [0.15, 0.2) is 0 Å². The second kappa shape index (κ2) is 10.9. The van der Waals surface area contributed by atoms with Gasteiger partial charge in [-0.3, -0.25) is 9.59 Å². The van der Waals surface area contributed by atoms with Crippen molar-refractivity contribution in [2.45, 2.75) is 19.4 Å². The van der Waals surface area contributed by atoms with Crippen LogP contribution < -0.4 is 0 Å². The van der Waals surface area contributed by atoms with Crippen LogP contribution in [0.1, 0.15) is 13.3 Å². The fraction of sp³-hybridized carbons (Fsp3) is 0.667. The maximum atomic E-state index is 10.4. The van der Waals surface area contributed by atoms with Gasteiger partial charge in [0, 0.05) is 0 Å². The molecule has 0 radical (unpaired) electrons. The van der Waals surface area contributed by atoms with E-state index in [1.54, 1.807) is 6.92 Å². The zero-order valence-corrected chi connectivity index (χ0v) is 6.60. The summed E-state index contributed by atoms with van der Waals surface area (Å²) < 4.78 is 0. The van der Waals surface area contributed by atoms with Crippen LogP contribution in [0.4, 0.5) is 0 Å². The van der Waals surface area contributed by atoms with Crippen molar-refractivity contribution in [3.8, 4) is 0 Å². The normalized spacial score (nSPS) is 11.1. The summed E-state index contributed by atoms with van der Waals surface area (Å²) in [6, 6.07) is -1.15. The molecular weight excluding hydrogens is 246 g/mol. The fourth-order valence-corrected chi connectivity index (χ4v) is 0.762. The zero-order valence-electron chi connectivity index (χ0n) is 6.60. The summed E-state index contributed by atoms with van der Waals surface area (Å²) in [6.07, 6.45) is 0.152. The molecule has 0 aliphatic rings. The molecule has 0 rings (SSSR count). The van der Waals surface area contributed by atoms with Gasteiger partial charge in [0.15, 0.2) is 0 Å². The Morgan fingerprint density at radius 1 is 1.29 bits per heavy atom. The quantitative estimate of drug-likeness (QED) is 0.383. The van der Waals surface area contributed by atoms with E-state index < -0.39 is 24.5 Å². The molecule has 0 aliphatic carbocycles. The molecule has 6 nitrogen and oxygen atoms in total. The van der Waals surface area contributed by atoms with Gasteiger partial charge in [-0.25, -0.2) is 0 Å². The molecule has 8 heteroatoms. The standard InChI is InChI=1S/C6H11NO5.2Ca.4H/c1-2-4(6(10)11)7(12)3-5(8)9;;;;;;/h4,12H,2-3H2,1H3,(H,8,9)(H,10,11);;;;;;. The molecule has 1 unspecified atom stereocenters. The van der Waals surface area contributed by atoms with Crippen molar-refractivity contribution in [3.05, 3.63) is 0 Å². The Morgan fingerprint density at radius 2 is 1.71 bits per heavy atom. The molecule has 0 bridgehead atoms. The first-order valence-electron chi connectivity index (χ1n) is 3.39. The monoisotopic (exact) mass is 261 g/mol. The van der Waals surface area contributed by atoms with Gasteiger partial charge in [-0.05, 0) is 6.42 Å². The van der Waals surface area contributed by atoms with Gasteiger partial charge in [-0.2, -0.15) is 5.06 Å². The summed E-state index contributed by atoms with van der Waals surface area (Å²) in [4.78, 5) is 20.4. The molecule has 0 heterocycles. The van der Waals surface area contributed by atoms with Gasteiger partial charge in [0.1, 0.15) is 12.6 Å². The predicted molar refractivity (Wildman–Crippen MR) is 54.9 cm³/mol. The molecule has 0 spiro atoms. The third-order valence-electron chi connectivity index (χ3n) is 1.33. The summed E-state index contributed by atoms with van der Waals surface area (Å²) in [5, 5.41) is 25.9. The molecule has 0 fully saturated rings. The number of rotatable bonds is 5. The van der Waals surface area contributed by atoms with E-state index >= 15 is 0 Å². The van der Waals surface area contributed by atoms with E-state index in [9.17, 15) is 9.59 Å². The zero-order chi connectivity index (χ0) is 9.72. The Bertz CT molecular complexity index is 189. The van der Waals surface area contributed by atoms with Crippen molar-refractivity contribution in [3.63, 3.8) is 0 Å². The van der Waals surface area contributed by atoms with Gasteiger partial charge < -0.3 is 15.4 Å². The second-order valence-electron chi connectivity index (χ2n) is 2.25. The Morgan fingerprint density at radius 3 is 1.93 bits per heavy atom. The summed E-state index contributed by atoms with van der Waals surface area (Å²) >= 11 is 0. The van der Waals surface area contributed by atoms with E-state index in [4.69, 9.17) is 15.4 Å². The van der Waals surface area contributed by atoms with Crippen LogP contribution >= 0.6 is 0 Å². The Hall–Kier alpha value is 1.38. The van der Waals surface area contributed by atoms with E-state index in [1.807, 2.05) is 0 Å². The third-order valence-corrected chi connectivity index (χ3v) is 1.33. The Kier molecular flexibility index (Phi) is 16.1. The summed E-state index contributed by atoms with van der Waals surface area (Å²) in [7, 11) is 0. The Labute approximate surface area is 141 Å². The Balaban J connectivity index is -0.000000605. The van der Waals surface area contributed by atoms with Crippen molar-refractivity contribution >= 4 is 87.4 Å². The van der Waals surface area contributed by atoms with Crippen molar-refractivity contribution in [2.75, 3.05) is 6.54 Å². The van der Waals surface area contributed by atoms with Gasteiger partial charge in [-0.1, -0.05) is 6.92 Å². The van der Waals surface area contributed by atoms with Crippen LogP contribution in [0.25, 0.3) is 0 Å². The SMILES string of the molecule is CCC(C(=O)O)N(O)CC(=O)O.[CaH2].[CaH2]. The molecule has 1 atom stereocenters. The first kappa shape index (κ1) is 20.8. The number of carbonyl (C=O) groups is 2. The summed E-state index contributed by atoms with van der Waals surface area (Å²) in [6.45, 7) is 0.856. The van der Waals surface area contributed by atoms with Crippen LogP contribution in [0.3, 0.4) is 0 Å². The van der Waals surface area contributed by atoms with Gasteiger partial charge in [0.05, 0.1) is 0 Å². The minimum atomic E-state index is -1.27. The van der Waals surface area contributed by atoms with Gasteiger partial charge >= 0.3 is 87.4 Å². The van der Waals surface area contributed by atoms with E-state index in [0.717, 1.165) is 0 Å². The number of carboxylic acids is 2. The molecular formula is C6H15Ca2NO5. The molecule has 78 valence electrons. The molecule has 3 N–H and O–H groups in total. The van der Waals surface area contributed by atoms with Gasteiger partial charge in [0.25, 0.3) is 0 Å².